The van der Waals surface area contributed by atoms with Gasteiger partial charge in [0.1, 0.15) is 5.65 Å². The number of rotatable bonds is 4. The fourth-order valence-corrected chi connectivity index (χ4v) is 3.91. The van der Waals surface area contributed by atoms with Gasteiger partial charge in [-0.3, -0.25) is 10.7 Å². The Morgan fingerprint density at radius 2 is 1.96 bits per heavy atom. The van der Waals surface area contributed by atoms with Crippen molar-refractivity contribution in [3.63, 3.8) is 0 Å². The van der Waals surface area contributed by atoms with Gasteiger partial charge in [0.25, 0.3) is 0 Å². The van der Waals surface area contributed by atoms with Gasteiger partial charge >= 0.3 is 0 Å². The zero-order valence-electron chi connectivity index (χ0n) is 14.5. The van der Waals surface area contributed by atoms with Crippen LogP contribution in [-0.4, -0.2) is 28.0 Å². The fourth-order valence-electron chi connectivity index (χ4n) is 3.66. The number of hydrazine groups is 1. The molecule has 1 aliphatic rings. The molecule has 6 heteroatoms. The summed E-state index contributed by atoms with van der Waals surface area (Å²) in [6, 6.07) is 12.6. The van der Waals surface area contributed by atoms with Crippen LogP contribution in [0.2, 0.25) is 5.02 Å². The van der Waals surface area contributed by atoms with E-state index >= 15 is 0 Å². The Bertz CT molecular complexity index is 922. The molecule has 1 aliphatic heterocycles. The van der Waals surface area contributed by atoms with Crippen LogP contribution in [0.4, 0.5) is 0 Å². The van der Waals surface area contributed by atoms with Crippen molar-refractivity contribution in [3.05, 3.63) is 70.5 Å². The minimum absolute atomic E-state index is 0.615. The van der Waals surface area contributed by atoms with E-state index in [1.807, 2.05) is 12.3 Å². The number of nitrogens with one attached hydrogen (secondary N) is 2. The van der Waals surface area contributed by atoms with Crippen molar-refractivity contribution in [2.75, 3.05) is 13.1 Å². The molecule has 4 N–H and O–H groups in total. The number of fused-ring (bicyclic) bond motifs is 1. The Balaban J connectivity index is 1.58. The summed E-state index contributed by atoms with van der Waals surface area (Å²) in [5.74, 6) is 5.91. The van der Waals surface area contributed by atoms with Gasteiger partial charge in [-0.25, -0.2) is 4.98 Å². The predicted molar refractivity (Wildman–Crippen MR) is 106 cm³/mol. The highest BCUT2D eigenvalue weighted by atomic mass is 35.5. The number of aromatic amines is 1. The van der Waals surface area contributed by atoms with Crippen molar-refractivity contribution < 1.29 is 0 Å². The van der Waals surface area contributed by atoms with Crippen LogP contribution in [0.25, 0.3) is 16.7 Å². The maximum Gasteiger partial charge on any atom is 0.138 e. The van der Waals surface area contributed by atoms with E-state index in [9.17, 15) is 0 Å². The first kappa shape index (κ1) is 17.1. The minimum atomic E-state index is 0.615. The van der Waals surface area contributed by atoms with Crippen molar-refractivity contribution in [1.29, 1.82) is 0 Å². The molecule has 0 bridgehead atoms. The number of benzene rings is 1. The van der Waals surface area contributed by atoms with Gasteiger partial charge in [0, 0.05) is 43.0 Å². The fraction of sp³-hybridized carbons (Fsp3) is 0.250. The molecule has 26 heavy (non-hydrogen) atoms. The van der Waals surface area contributed by atoms with Crippen molar-refractivity contribution >= 4 is 28.3 Å². The first-order valence-electron chi connectivity index (χ1n) is 8.83. The molecule has 3 heterocycles. The highest BCUT2D eigenvalue weighted by molar-refractivity contribution is 6.33. The molecular weight excluding hydrogens is 346 g/mol. The molecule has 0 amide bonds. The number of hydrogen-bond acceptors (Lipinski definition) is 4. The molecule has 0 unspecified atom stereocenters. The van der Waals surface area contributed by atoms with Crippen LogP contribution in [-0.2, 0) is 6.54 Å². The molecule has 134 valence electrons. The smallest absolute Gasteiger partial charge is 0.138 e. The topological polar surface area (TPSA) is 70.0 Å². The maximum absolute atomic E-state index is 6.47. The van der Waals surface area contributed by atoms with E-state index in [1.165, 1.54) is 11.1 Å². The molecule has 0 saturated carbocycles. The summed E-state index contributed by atoms with van der Waals surface area (Å²) >= 11 is 6.47. The Hall–Kier alpha value is -2.34. The van der Waals surface area contributed by atoms with Gasteiger partial charge in [-0.1, -0.05) is 41.9 Å². The van der Waals surface area contributed by atoms with E-state index in [4.69, 9.17) is 17.4 Å². The highest BCUT2D eigenvalue weighted by Crippen LogP contribution is 2.33. The summed E-state index contributed by atoms with van der Waals surface area (Å²) in [5, 5.41) is 1.61. The summed E-state index contributed by atoms with van der Waals surface area (Å²) in [7, 11) is 0. The lowest BCUT2D eigenvalue weighted by atomic mass is 9.96. The lowest BCUT2D eigenvalue weighted by Gasteiger charge is -2.30. The SMILES string of the molecule is NNC(=C1CCN(Cc2ccccc2)CC1)c1c(Cl)cnc2[nH]ccc12. The number of piperidine rings is 1. The lowest BCUT2D eigenvalue weighted by Crippen LogP contribution is -2.32. The normalized spacial score (nSPS) is 15.4. The van der Waals surface area contributed by atoms with Crippen molar-refractivity contribution in [2.45, 2.75) is 19.4 Å². The summed E-state index contributed by atoms with van der Waals surface area (Å²) in [6.45, 7) is 3.00. The van der Waals surface area contributed by atoms with Gasteiger partial charge in [-0.2, -0.15) is 0 Å². The van der Waals surface area contributed by atoms with Gasteiger partial charge in [0.15, 0.2) is 0 Å². The minimum Gasteiger partial charge on any atom is -0.346 e. The molecule has 0 atom stereocenters. The average Bonchev–Trinajstić information content (AvgIpc) is 3.15. The zero-order valence-corrected chi connectivity index (χ0v) is 15.3. The van der Waals surface area contributed by atoms with Crippen LogP contribution < -0.4 is 11.3 Å². The lowest BCUT2D eigenvalue weighted by molar-refractivity contribution is 0.248. The van der Waals surface area contributed by atoms with Gasteiger partial charge in [0.2, 0.25) is 0 Å². The molecule has 4 rings (SSSR count). The summed E-state index contributed by atoms with van der Waals surface area (Å²) in [6.07, 6.45) is 5.49. The van der Waals surface area contributed by atoms with Gasteiger partial charge < -0.3 is 10.4 Å². The molecule has 3 aromatic rings. The predicted octanol–water partition coefficient (Wildman–Crippen LogP) is 3.69. The molecular formula is C20H22ClN5. The second kappa shape index (κ2) is 7.50. The number of aromatic nitrogens is 2. The quantitative estimate of drug-likeness (QED) is 0.486. The largest absolute Gasteiger partial charge is 0.346 e. The van der Waals surface area contributed by atoms with Crippen LogP contribution in [0.15, 0.2) is 54.4 Å². The van der Waals surface area contributed by atoms with E-state index in [0.717, 1.165) is 54.8 Å². The molecule has 1 fully saturated rings. The standard InChI is InChI=1S/C20H22ClN5/c21-17-12-24-20-16(6-9-23-20)18(17)19(25-22)15-7-10-26(11-8-15)13-14-4-2-1-3-5-14/h1-6,9,12,25H,7-8,10-11,13,22H2,(H,23,24). The number of likely N-dealkylation sites (tertiary alicyclic amines) is 1. The third kappa shape index (κ3) is 3.33. The Morgan fingerprint density at radius 1 is 1.19 bits per heavy atom. The van der Waals surface area contributed by atoms with Crippen LogP contribution in [0.5, 0.6) is 0 Å². The monoisotopic (exact) mass is 367 g/mol. The van der Waals surface area contributed by atoms with Crippen molar-refractivity contribution in [2.24, 2.45) is 5.84 Å². The van der Waals surface area contributed by atoms with Gasteiger partial charge in [-0.15, -0.1) is 0 Å². The second-order valence-corrected chi connectivity index (χ2v) is 7.01. The zero-order chi connectivity index (χ0) is 17.9. The third-order valence-corrected chi connectivity index (χ3v) is 5.28. The van der Waals surface area contributed by atoms with E-state index in [1.54, 1.807) is 6.20 Å². The molecule has 0 spiro atoms. The number of H-pyrrole nitrogens is 1. The van der Waals surface area contributed by atoms with Gasteiger partial charge in [0.05, 0.1) is 10.7 Å². The molecule has 0 radical (unpaired) electrons. The third-order valence-electron chi connectivity index (χ3n) is 5.00. The Labute approximate surface area is 157 Å². The summed E-state index contributed by atoms with van der Waals surface area (Å²) in [4.78, 5) is 9.95. The van der Waals surface area contributed by atoms with E-state index in [0.29, 0.717) is 5.02 Å². The number of halogens is 1. The number of hydrogen-bond donors (Lipinski definition) is 3. The Kier molecular flexibility index (Phi) is 4.93. The van der Waals surface area contributed by atoms with E-state index in [2.05, 4.69) is 50.6 Å². The van der Waals surface area contributed by atoms with Crippen LogP contribution in [0, 0.1) is 0 Å². The van der Waals surface area contributed by atoms with Gasteiger partial charge in [-0.05, 0) is 30.0 Å². The van der Waals surface area contributed by atoms with Crippen LogP contribution in [0.1, 0.15) is 24.0 Å². The molecule has 5 nitrogen and oxygen atoms in total. The highest BCUT2D eigenvalue weighted by Gasteiger charge is 2.21. The molecule has 0 aliphatic carbocycles. The van der Waals surface area contributed by atoms with Crippen LogP contribution >= 0.6 is 11.6 Å². The second-order valence-electron chi connectivity index (χ2n) is 6.61. The molecule has 1 saturated heterocycles. The van der Waals surface area contributed by atoms with Crippen molar-refractivity contribution in [1.82, 2.24) is 20.3 Å². The molecule has 2 aromatic heterocycles. The van der Waals surface area contributed by atoms with E-state index < -0.39 is 0 Å². The Morgan fingerprint density at radius 3 is 2.69 bits per heavy atom. The van der Waals surface area contributed by atoms with Crippen LogP contribution in [0.3, 0.4) is 0 Å². The number of nitrogens with two attached hydrogens (primary N) is 1. The number of pyridine rings is 1. The van der Waals surface area contributed by atoms with Crippen molar-refractivity contribution in [3.8, 4) is 0 Å². The van der Waals surface area contributed by atoms with E-state index in [-0.39, 0.29) is 0 Å². The maximum atomic E-state index is 6.47. The number of nitrogens with zero attached hydrogens (tertiary/aromatic N) is 2. The summed E-state index contributed by atoms with van der Waals surface area (Å²) in [5.41, 5.74) is 8.26. The molecule has 1 aromatic carbocycles. The average molecular weight is 368 g/mol. The first-order valence-corrected chi connectivity index (χ1v) is 9.21. The summed E-state index contributed by atoms with van der Waals surface area (Å²) < 4.78 is 0. The first-order chi connectivity index (χ1) is 12.8.